The molecule has 0 aliphatic rings. The Morgan fingerprint density at radius 2 is 2.14 bits per heavy atom. The lowest BCUT2D eigenvalue weighted by molar-refractivity contribution is 0.0692. The SMILES string of the molecule is C=CC=C(C)CN(C)c1ccc2cc(C(=O)O)c(=O)oc2c1. The van der Waals surface area contributed by atoms with E-state index in [1.807, 2.05) is 31.0 Å². The fourth-order valence-corrected chi connectivity index (χ4v) is 2.21. The molecule has 0 radical (unpaired) electrons. The van der Waals surface area contributed by atoms with Gasteiger partial charge in [0.05, 0.1) is 0 Å². The summed E-state index contributed by atoms with van der Waals surface area (Å²) >= 11 is 0. The van der Waals surface area contributed by atoms with Gasteiger partial charge in [0.15, 0.2) is 0 Å². The first-order chi connectivity index (χ1) is 10.4. The van der Waals surface area contributed by atoms with Gasteiger partial charge in [-0.15, -0.1) is 0 Å². The fourth-order valence-electron chi connectivity index (χ4n) is 2.21. The molecule has 22 heavy (non-hydrogen) atoms. The van der Waals surface area contributed by atoms with Crippen LogP contribution in [-0.2, 0) is 0 Å². The number of carboxylic acid groups (broad SMARTS) is 1. The van der Waals surface area contributed by atoms with E-state index in [1.54, 1.807) is 18.2 Å². The van der Waals surface area contributed by atoms with Crippen LogP contribution in [0.5, 0.6) is 0 Å². The Kier molecular flexibility index (Phi) is 4.46. The molecule has 0 aliphatic heterocycles. The molecule has 1 N–H and O–H groups in total. The number of rotatable bonds is 5. The topological polar surface area (TPSA) is 70.8 Å². The summed E-state index contributed by atoms with van der Waals surface area (Å²) in [5.41, 5.74) is 1.17. The van der Waals surface area contributed by atoms with Crippen molar-refractivity contribution in [2.45, 2.75) is 6.92 Å². The van der Waals surface area contributed by atoms with Crippen molar-refractivity contribution >= 4 is 22.6 Å². The second-order valence-electron chi connectivity index (χ2n) is 5.08. The van der Waals surface area contributed by atoms with Gasteiger partial charge in [0.25, 0.3) is 0 Å². The molecule has 1 heterocycles. The van der Waals surface area contributed by atoms with Gasteiger partial charge in [-0.1, -0.05) is 24.3 Å². The highest BCUT2D eigenvalue weighted by Gasteiger charge is 2.13. The van der Waals surface area contributed by atoms with Gasteiger partial charge in [0.1, 0.15) is 11.1 Å². The summed E-state index contributed by atoms with van der Waals surface area (Å²) in [6.07, 6.45) is 3.66. The number of carbonyl (C=O) groups is 1. The molecule has 5 nitrogen and oxygen atoms in total. The van der Waals surface area contributed by atoms with Crippen LogP contribution in [0.25, 0.3) is 11.0 Å². The van der Waals surface area contributed by atoms with E-state index in [9.17, 15) is 9.59 Å². The molecule has 1 aromatic heterocycles. The molecule has 2 aromatic rings. The van der Waals surface area contributed by atoms with Crippen LogP contribution in [0.15, 0.2) is 57.8 Å². The minimum Gasteiger partial charge on any atom is -0.477 e. The van der Waals surface area contributed by atoms with E-state index in [0.717, 1.165) is 11.3 Å². The molecule has 2 rings (SSSR count). The zero-order valence-electron chi connectivity index (χ0n) is 12.5. The molecule has 0 saturated carbocycles. The molecule has 1 aromatic carbocycles. The van der Waals surface area contributed by atoms with Gasteiger partial charge >= 0.3 is 11.6 Å². The monoisotopic (exact) mass is 299 g/mol. The molecule has 0 bridgehead atoms. The molecule has 5 heteroatoms. The predicted molar refractivity (Wildman–Crippen MR) is 86.7 cm³/mol. The van der Waals surface area contributed by atoms with Crippen LogP contribution in [0.2, 0.25) is 0 Å². The second kappa shape index (κ2) is 6.30. The number of benzene rings is 1. The molecule has 114 valence electrons. The van der Waals surface area contributed by atoms with Gasteiger partial charge in [0, 0.05) is 30.7 Å². The zero-order valence-corrected chi connectivity index (χ0v) is 12.5. The smallest absolute Gasteiger partial charge is 0.351 e. The standard InChI is InChI=1S/C17H17NO4/c1-4-5-11(2)10-18(3)13-7-6-12-8-14(16(19)20)17(21)22-15(12)9-13/h4-9H,1,10H2,2-3H3,(H,19,20). The van der Waals surface area contributed by atoms with Crippen molar-refractivity contribution in [3.63, 3.8) is 0 Å². The highest BCUT2D eigenvalue weighted by Crippen LogP contribution is 2.21. The van der Waals surface area contributed by atoms with Gasteiger partial charge in [-0.25, -0.2) is 9.59 Å². The first-order valence-electron chi connectivity index (χ1n) is 6.73. The highest BCUT2D eigenvalue weighted by molar-refractivity contribution is 5.92. The average molecular weight is 299 g/mol. The maximum absolute atomic E-state index is 11.6. The third-order valence-corrected chi connectivity index (χ3v) is 3.28. The number of fused-ring (bicyclic) bond motifs is 1. The number of hydrogen-bond acceptors (Lipinski definition) is 4. The normalized spacial score (nSPS) is 11.5. The molecular weight excluding hydrogens is 282 g/mol. The van der Waals surface area contributed by atoms with E-state index >= 15 is 0 Å². The van der Waals surface area contributed by atoms with E-state index in [0.29, 0.717) is 17.5 Å². The van der Waals surface area contributed by atoms with Crippen molar-refractivity contribution in [3.05, 3.63) is 64.6 Å². The van der Waals surface area contributed by atoms with Gasteiger partial charge in [0.2, 0.25) is 0 Å². The van der Waals surface area contributed by atoms with Gasteiger partial charge in [-0.2, -0.15) is 0 Å². The van der Waals surface area contributed by atoms with Crippen LogP contribution >= 0.6 is 0 Å². The largest absolute Gasteiger partial charge is 0.477 e. The van der Waals surface area contributed by atoms with Crippen molar-refractivity contribution < 1.29 is 14.3 Å². The van der Waals surface area contributed by atoms with Gasteiger partial charge in [-0.05, 0) is 25.1 Å². The highest BCUT2D eigenvalue weighted by atomic mass is 16.4. The maximum Gasteiger partial charge on any atom is 0.351 e. The molecule has 0 unspecified atom stereocenters. The van der Waals surface area contributed by atoms with E-state index in [2.05, 4.69) is 6.58 Å². The van der Waals surface area contributed by atoms with Crippen LogP contribution in [-0.4, -0.2) is 24.7 Å². The van der Waals surface area contributed by atoms with Crippen LogP contribution in [0.3, 0.4) is 0 Å². The van der Waals surface area contributed by atoms with Crippen molar-refractivity contribution in [1.29, 1.82) is 0 Å². The first-order valence-corrected chi connectivity index (χ1v) is 6.73. The number of aromatic carboxylic acids is 1. The Bertz CT molecular complexity index is 817. The van der Waals surface area contributed by atoms with E-state index in [4.69, 9.17) is 9.52 Å². The lowest BCUT2D eigenvalue weighted by Gasteiger charge is -2.19. The van der Waals surface area contributed by atoms with E-state index in [-0.39, 0.29) is 5.56 Å². The molecule has 0 amide bonds. The summed E-state index contributed by atoms with van der Waals surface area (Å²) in [7, 11) is 1.92. The van der Waals surface area contributed by atoms with Crippen molar-refractivity contribution in [1.82, 2.24) is 0 Å². The summed E-state index contributed by atoms with van der Waals surface area (Å²) in [5.74, 6) is -1.29. The zero-order chi connectivity index (χ0) is 16.3. The van der Waals surface area contributed by atoms with Gasteiger partial charge < -0.3 is 14.4 Å². The lowest BCUT2D eigenvalue weighted by Crippen LogP contribution is -2.19. The number of allylic oxidation sites excluding steroid dienone is 2. The summed E-state index contributed by atoms with van der Waals surface area (Å²) < 4.78 is 5.10. The number of likely N-dealkylation sites (N-methyl/N-ethyl adjacent to an activating group) is 1. The predicted octanol–water partition coefficient (Wildman–Crippen LogP) is 3.06. The molecule has 0 aliphatic carbocycles. The molecule has 0 atom stereocenters. The fraction of sp³-hybridized carbons (Fsp3) is 0.176. The Labute approximate surface area is 127 Å². The molecule has 0 spiro atoms. The number of hydrogen-bond donors (Lipinski definition) is 1. The second-order valence-corrected chi connectivity index (χ2v) is 5.08. The Balaban J connectivity index is 2.40. The van der Waals surface area contributed by atoms with Crippen LogP contribution in [0.4, 0.5) is 5.69 Å². The van der Waals surface area contributed by atoms with Crippen molar-refractivity contribution in [3.8, 4) is 0 Å². The molecule has 0 fully saturated rings. The summed E-state index contributed by atoms with van der Waals surface area (Å²) in [6.45, 7) is 6.36. The Hall–Kier alpha value is -2.82. The third kappa shape index (κ3) is 3.25. The molecular formula is C17H17NO4. The van der Waals surface area contributed by atoms with Crippen molar-refractivity contribution in [2.75, 3.05) is 18.5 Å². The summed E-state index contributed by atoms with van der Waals surface area (Å²) in [6, 6.07) is 6.65. The lowest BCUT2D eigenvalue weighted by atomic mass is 10.1. The maximum atomic E-state index is 11.6. The quantitative estimate of drug-likeness (QED) is 0.678. The van der Waals surface area contributed by atoms with Crippen molar-refractivity contribution in [2.24, 2.45) is 0 Å². The minimum absolute atomic E-state index is 0.363. The Morgan fingerprint density at radius 3 is 2.77 bits per heavy atom. The van der Waals surface area contributed by atoms with Crippen LogP contribution < -0.4 is 10.5 Å². The number of nitrogens with zero attached hydrogens (tertiary/aromatic N) is 1. The van der Waals surface area contributed by atoms with Crippen LogP contribution in [0, 0.1) is 0 Å². The van der Waals surface area contributed by atoms with E-state index in [1.165, 1.54) is 6.07 Å². The summed E-state index contributed by atoms with van der Waals surface area (Å²) in [4.78, 5) is 24.6. The minimum atomic E-state index is -1.29. The van der Waals surface area contributed by atoms with Gasteiger partial charge in [-0.3, -0.25) is 0 Å². The average Bonchev–Trinajstić information content (AvgIpc) is 2.45. The first kappa shape index (κ1) is 15.6. The Morgan fingerprint density at radius 1 is 1.41 bits per heavy atom. The van der Waals surface area contributed by atoms with E-state index < -0.39 is 11.6 Å². The number of carboxylic acids is 1. The number of anilines is 1. The van der Waals surface area contributed by atoms with Crippen LogP contribution in [0.1, 0.15) is 17.3 Å². The summed E-state index contributed by atoms with van der Waals surface area (Å²) in [5, 5.41) is 9.51. The third-order valence-electron chi connectivity index (χ3n) is 3.28. The molecule has 0 saturated heterocycles.